The van der Waals surface area contributed by atoms with Crippen molar-refractivity contribution in [2.75, 3.05) is 5.32 Å². The molecule has 0 aliphatic rings. The molecule has 0 spiro atoms. The van der Waals surface area contributed by atoms with Gasteiger partial charge < -0.3 is 9.88 Å². The molecule has 4 aromatic rings. The molecule has 4 rings (SSSR count). The predicted octanol–water partition coefficient (Wildman–Crippen LogP) is 2.55. The molecular weight excluding hydrogens is 390 g/mol. The third kappa shape index (κ3) is 3.99. The maximum atomic E-state index is 12.4. The zero-order valence-corrected chi connectivity index (χ0v) is 16.3. The minimum Gasteiger partial charge on any atom is -0.326 e. The molecule has 1 aromatic carbocycles. The van der Waals surface area contributed by atoms with Crippen molar-refractivity contribution in [1.29, 1.82) is 0 Å². The van der Waals surface area contributed by atoms with Crippen molar-refractivity contribution in [3.8, 4) is 10.6 Å². The number of hydrogen-bond donors (Lipinski definition) is 2. The average molecular weight is 407 g/mol. The summed E-state index contributed by atoms with van der Waals surface area (Å²) in [4.78, 5) is 47.2. The third-order valence-corrected chi connectivity index (χ3v) is 5.49. The second-order valence-corrected chi connectivity index (χ2v) is 7.40. The fourth-order valence-electron chi connectivity index (χ4n) is 2.94. The van der Waals surface area contributed by atoms with Crippen LogP contribution in [0.1, 0.15) is 12.0 Å². The summed E-state index contributed by atoms with van der Waals surface area (Å²) in [5.74, 6) is -0.227. The molecule has 0 aliphatic carbocycles. The number of nitrogens with one attached hydrogen (secondary N) is 2. The maximum absolute atomic E-state index is 12.4. The van der Waals surface area contributed by atoms with Crippen LogP contribution in [0.5, 0.6) is 0 Å². The average Bonchev–Trinajstić information content (AvgIpc) is 3.13. The number of carbonyl (C=O) groups excluding carboxylic acids is 1. The Hall–Kier alpha value is -3.59. The van der Waals surface area contributed by atoms with Crippen LogP contribution in [-0.2, 0) is 11.3 Å². The lowest BCUT2D eigenvalue weighted by molar-refractivity contribution is -0.116. The van der Waals surface area contributed by atoms with Crippen LogP contribution in [0, 0.1) is 6.92 Å². The van der Waals surface area contributed by atoms with Gasteiger partial charge in [-0.25, -0.2) is 14.8 Å². The van der Waals surface area contributed by atoms with Gasteiger partial charge in [0.2, 0.25) is 5.91 Å². The molecule has 2 N–H and O–H groups in total. The van der Waals surface area contributed by atoms with E-state index in [0.717, 1.165) is 26.5 Å². The highest BCUT2D eigenvalue weighted by atomic mass is 32.1. The number of hydrogen-bond acceptors (Lipinski definition) is 6. The molecule has 0 radical (unpaired) electrons. The van der Waals surface area contributed by atoms with Gasteiger partial charge in [-0.3, -0.25) is 14.6 Å². The maximum Gasteiger partial charge on any atom is 0.328 e. The highest BCUT2D eigenvalue weighted by Gasteiger charge is 2.13. The van der Waals surface area contributed by atoms with Crippen molar-refractivity contribution in [2.45, 2.75) is 19.9 Å². The number of fused-ring (bicyclic) bond motifs is 1. The molecule has 0 saturated heterocycles. The van der Waals surface area contributed by atoms with Crippen LogP contribution in [0.3, 0.4) is 0 Å². The Balaban J connectivity index is 1.51. The standard InChI is InChI=1S/C20H17N5O3S/c1-12-13(18-23-15-6-3-9-21-19(15)29-18)4-2-5-14(12)22-16(26)7-10-25-11-8-17(27)24-20(25)28/h2-6,8-9,11H,7,10H2,1H3,(H,22,26)(H,24,27,28). The fourth-order valence-corrected chi connectivity index (χ4v) is 3.93. The van der Waals surface area contributed by atoms with E-state index in [1.807, 2.05) is 37.3 Å². The Labute approximate surface area is 168 Å². The topological polar surface area (TPSA) is 110 Å². The number of pyridine rings is 1. The highest BCUT2D eigenvalue weighted by Crippen LogP contribution is 2.33. The van der Waals surface area contributed by atoms with Gasteiger partial charge in [0.15, 0.2) is 0 Å². The van der Waals surface area contributed by atoms with Crippen molar-refractivity contribution in [2.24, 2.45) is 0 Å². The van der Waals surface area contributed by atoms with Gasteiger partial charge in [-0.05, 0) is 30.7 Å². The quantitative estimate of drug-likeness (QED) is 0.528. The summed E-state index contributed by atoms with van der Waals surface area (Å²) in [5.41, 5.74) is 2.37. The van der Waals surface area contributed by atoms with Crippen LogP contribution in [0.15, 0.2) is 58.4 Å². The number of aryl methyl sites for hydroxylation is 1. The van der Waals surface area contributed by atoms with Crippen LogP contribution < -0.4 is 16.6 Å². The molecule has 3 aromatic heterocycles. The summed E-state index contributed by atoms with van der Waals surface area (Å²) < 4.78 is 1.29. The largest absolute Gasteiger partial charge is 0.328 e. The van der Waals surface area contributed by atoms with Crippen LogP contribution >= 0.6 is 11.3 Å². The minimum atomic E-state index is -0.534. The number of aromatic nitrogens is 4. The Bertz CT molecular complexity index is 1290. The lowest BCUT2D eigenvalue weighted by Gasteiger charge is -2.11. The Morgan fingerprint density at radius 1 is 1.21 bits per heavy atom. The summed E-state index contributed by atoms with van der Waals surface area (Å²) in [6, 6.07) is 10.7. The van der Waals surface area contributed by atoms with E-state index < -0.39 is 11.2 Å². The van der Waals surface area contributed by atoms with Crippen LogP contribution in [-0.4, -0.2) is 25.4 Å². The number of rotatable bonds is 5. The van der Waals surface area contributed by atoms with Crippen molar-refractivity contribution in [3.63, 3.8) is 0 Å². The van der Waals surface area contributed by atoms with Gasteiger partial charge >= 0.3 is 5.69 Å². The van der Waals surface area contributed by atoms with Crippen molar-refractivity contribution in [3.05, 3.63) is 75.2 Å². The predicted molar refractivity (Wildman–Crippen MR) is 112 cm³/mol. The number of carbonyl (C=O) groups is 1. The molecule has 0 bridgehead atoms. The van der Waals surface area contributed by atoms with Gasteiger partial charge in [0.05, 0.1) is 0 Å². The third-order valence-electron chi connectivity index (χ3n) is 4.48. The van der Waals surface area contributed by atoms with Crippen LogP contribution in [0.4, 0.5) is 5.69 Å². The van der Waals surface area contributed by atoms with Gasteiger partial charge in [0.25, 0.3) is 5.56 Å². The number of nitrogens with zero attached hydrogens (tertiary/aromatic N) is 3. The normalized spacial score (nSPS) is 10.9. The molecular formula is C20H17N5O3S. The SMILES string of the molecule is Cc1c(NC(=O)CCn2ccc(=O)[nH]c2=O)cccc1-c1nc2cccnc2s1. The van der Waals surface area contributed by atoms with E-state index in [-0.39, 0.29) is 18.9 Å². The number of anilines is 1. The molecule has 1 amide bonds. The lowest BCUT2D eigenvalue weighted by Crippen LogP contribution is -2.29. The van der Waals surface area contributed by atoms with E-state index in [4.69, 9.17) is 0 Å². The lowest BCUT2D eigenvalue weighted by atomic mass is 10.1. The minimum absolute atomic E-state index is 0.0979. The van der Waals surface area contributed by atoms with Crippen LogP contribution in [0.25, 0.3) is 20.9 Å². The first-order chi connectivity index (χ1) is 14.0. The summed E-state index contributed by atoms with van der Waals surface area (Å²) in [5, 5.41) is 3.73. The molecule has 0 fully saturated rings. The first-order valence-corrected chi connectivity index (χ1v) is 9.74. The van der Waals surface area contributed by atoms with Gasteiger partial charge in [-0.1, -0.05) is 23.5 Å². The van der Waals surface area contributed by atoms with Gasteiger partial charge in [-0.15, -0.1) is 0 Å². The molecule has 9 heteroatoms. The Morgan fingerprint density at radius 2 is 2.07 bits per heavy atom. The van der Waals surface area contributed by atoms with Crippen molar-refractivity contribution in [1.82, 2.24) is 19.5 Å². The number of thiazole rings is 1. The molecule has 0 saturated carbocycles. The van der Waals surface area contributed by atoms with E-state index in [1.54, 1.807) is 6.20 Å². The van der Waals surface area contributed by atoms with E-state index in [0.29, 0.717) is 5.69 Å². The van der Waals surface area contributed by atoms with Crippen molar-refractivity contribution < 1.29 is 4.79 Å². The molecule has 0 aliphatic heterocycles. The zero-order chi connectivity index (χ0) is 20.4. The summed E-state index contributed by atoms with van der Waals surface area (Å²) in [6.45, 7) is 2.10. The number of H-pyrrole nitrogens is 1. The first-order valence-electron chi connectivity index (χ1n) is 8.92. The van der Waals surface area contributed by atoms with Gasteiger partial charge in [0.1, 0.15) is 15.4 Å². The summed E-state index contributed by atoms with van der Waals surface area (Å²) in [7, 11) is 0. The molecule has 0 unspecified atom stereocenters. The number of aromatic amines is 1. The van der Waals surface area contributed by atoms with Crippen molar-refractivity contribution >= 4 is 33.3 Å². The number of benzene rings is 1. The summed E-state index contributed by atoms with van der Waals surface area (Å²) in [6.07, 6.45) is 3.21. The van der Waals surface area contributed by atoms with E-state index >= 15 is 0 Å². The smallest absolute Gasteiger partial charge is 0.326 e. The molecule has 0 atom stereocenters. The fraction of sp³-hybridized carbons (Fsp3) is 0.150. The molecule has 3 heterocycles. The zero-order valence-electron chi connectivity index (χ0n) is 15.5. The Kier molecular flexibility index (Phi) is 5.05. The van der Waals surface area contributed by atoms with E-state index in [2.05, 4.69) is 20.3 Å². The Morgan fingerprint density at radius 3 is 2.86 bits per heavy atom. The molecule has 146 valence electrons. The summed E-state index contributed by atoms with van der Waals surface area (Å²) >= 11 is 1.50. The molecule has 29 heavy (non-hydrogen) atoms. The van der Waals surface area contributed by atoms with E-state index in [1.165, 1.54) is 28.2 Å². The highest BCUT2D eigenvalue weighted by molar-refractivity contribution is 7.21. The molecule has 8 nitrogen and oxygen atoms in total. The van der Waals surface area contributed by atoms with Gasteiger partial charge in [0, 0.05) is 42.7 Å². The van der Waals surface area contributed by atoms with Gasteiger partial charge in [-0.2, -0.15) is 0 Å². The number of amides is 1. The second kappa shape index (κ2) is 7.80. The first kappa shape index (κ1) is 18.8. The van der Waals surface area contributed by atoms with Crippen LogP contribution in [0.2, 0.25) is 0 Å². The van der Waals surface area contributed by atoms with E-state index in [9.17, 15) is 14.4 Å². The second-order valence-electron chi connectivity index (χ2n) is 6.43. The monoisotopic (exact) mass is 407 g/mol.